The van der Waals surface area contributed by atoms with Crippen molar-refractivity contribution in [3.05, 3.63) is 34.5 Å². The molecule has 0 spiro atoms. The first kappa shape index (κ1) is 15.1. The number of aryl methyl sites for hydroxylation is 2. The van der Waals surface area contributed by atoms with Gasteiger partial charge in [-0.05, 0) is 49.1 Å². The number of amidine groups is 1. The fraction of sp³-hybridized carbons (Fsp3) is 0.438. The summed E-state index contributed by atoms with van der Waals surface area (Å²) in [6, 6.07) is 1.89. The van der Waals surface area contributed by atoms with Gasteiger partial charge in [0, 0.05) is 24.5 Å². The van der Waals surface area contributed by atoms with Crippen LogP contribution in [0, 0.1) is 20.8 Å². The van der Waals surface area contributed by atoms with E-state index in [1.54, 1.807) is 6.20 Å². The van der Waals surface area contributed by atoms with Crippen LogP contribution in [0.2, 0.25) is 0 Å². The van der Waals surface area contributed by atoms with Crippen molar-refractivity contribution in [2.24, 2.45) is 4.99 Å². The van der Waals surface area contributed by atoms with Crippen molar-refractivity contribution in [3.8, 4) is 0 Å². The quantitative estimate of drug-likeness (QED) is 0.940. The maximum atomic E-state index is 12.0. The van der Waals surface area contributed by atoms with Crippen LogP contribution >= 0.6 is 0 Å². The number of nitrogens with zero attached hydrogens (tertiary/aromatic N) is 2. The molecule has 0 fully saturated rings. The van der Waals surface area contributed by atoms with E-state index in [0.29, 0.717) is 0 Å². The van der Waals surface area contributed by atoms with E-state index in [1.165, 1.54) is 21.4 Å². The van der Waals surface area contributed by atoms with Crippen LogP contribution in [0.4, 0.5) is 0 Å². The van der Waals surface area contributed by atoms with Gasteiger partial charge < -0.3 is 5.32 Å². The van der Waals surface area contributed by atoms with Crippen LogP contribution in [-0.2, 0) is 16.4 Å². The highest BCUT2D eigenvalue weighted by Gasteiger charge is 2.20. The first-order chi connectivity index (χ1) is 10.3. The second kappa shape index (κ2) is 5.12. The molecule has 0 atom stereocenters. The SMILES string of the molecule is Cc1c(CC2=NCCN2)c(C)c2c(ccn2S(C)(=O)=O)c1C. The van der Waals surface area contributed by atoms with E-state index in [1.807, 2.05) is 13.0 Å². The first-order valence-corrected chi connectivity index (χ1v) is 9.23. The lowest BCUT2D eigenvalue weighted by Gasteiger charge is -2.16. The van der Waals surface area contributed by atoms with Gasteiger partial charge in [0.25, 0.3) is 0 Å². The Balaban J connectivity index is 2.28. The molecule has 1 N–H and O–H groups in total. The topological polar surface area (TPSA) is 63.5 Å². The van der Waals surface area contributed by atoms with E-state index in [4.69, 9.17) is 0 Å². The molecule has 22 heavy (non-hydrogen) atoms. The minimum atomic E-state index is -3.31. The largest absolute Gasteiger partial charge is 0.372 e. The Labute approximate surface area is 131 Å². The maximum absolute atomic E-state index is 12.0. The average molecular weight is 319 g/mol. The van der Waals surface area contributed by atoms with Crippen LogP contribution in [0.25, 0.3) is 10.9 Å². The smallest absolute Gasteiger partial charge is 0.236 e. The van der Waals surface area contributed by atoms with Crippen LogP contribution in [-0.4, -0.2) is 37.6 Å². The lowest BCUT2D eigenvalue weighted by Crippen LogP contribution is -2.22. The van der Waals surface area contributed by atoms with E-state index in [2.05, 4.69) is 24.2 Å². The number of nitrogens with one attached hydrogen (secondary N) is 1. The van der Waals surface area contributed by atoms with E-state index in [9.17, 15) is 8.42 Å². The molecule has 0 saturated heterocycles. The minimum absolute atomic E-state index is 0.726. The van der Waals surface area contributed by atoms with Gasteiger partial charge in [-0.15, -0.1) is 0 Å². The Morgan fingerprint density at radius 3 is 2.55 bits per heavy atom. The number of benzene rings is 1. The number of hydrogen-bond acceptors (Lipinski definition) is 4. The molecule has 0 unspecified atom stereocenters. The number of rotatable bonds is 3. The van der Waals surface area contributed by atoms with Crippen molar-refractivity contribution >= 4 is 26.8 Å². The second-order valence-electron chi connectivity index (χ2n) is 5.92. The molecular weight excluding hydrogens is 298 g/mol. The van der Waals surface area contributed by atoms with Crippen molar-refractivity contribution in [1.82, 2.24) is 9.29 Å². The lowest BCUT2D eigenvalue weighted by molar-refractivity contribution is 0.595. The van der Waals surface area contributed by atoms with Crippen LogP contribution < -0.4 is 5.32 Å². The van der Waals surface area contributed by atoms with Crippen molar-refractivity contribution in [3.63, 3.8) is 0 Å². The fourth-order valence-electron chi connectivity index (χ4n) is 3.21. The van der Waals surface area contributed by atoms with Crippen LogP contribution in [0.5, 0.6) is 0 Å². The summed E-state index contributed by atoms with van der Waals surface area (Å²) in [5, 5.41) is 4.30. The molecule has 0 amide bonds. The number of hydrogen-bond donors (Lipinski definition) is 1. The van der Waals surface area contributed by atoms with Gasteiger partial charge in [-0.1, -0.05) is 0 Å². The van der Waals surface area contributed by atoms with Crippen LogP contribution in [0.1, 0.15) is 22.3 Å². The Bertz CT molecular complexity index is 892. The molecule has 2 heterocycles. The first-order valence-electron chi connectivity index (χ1n) is 7.38. The Morgan fingerprint density at radius 1 is 1.23 bits per heavy atom. The summed E-state index contributed by atoms with van der Waals surface area (Å²) < 4.78 is 25.5. The number of aliphatic imine (C=N–C) groups is 1. The van der Waals surface area contributed by atoms with Crippen LogP contribution in [0.15, 0.2) is 17.3 Å². The number of aromatic nitrogens is 1. The van der Waals surface area contributed by atoms with Crippen molar-refractivity contribution in [2.45, 2.75) is 27.2 Å². The predicted octanol–water partition coefficient (Wildman–Crippen LogP) is 1.92. The molecule has 118 valence electrons. The second-order valence-corrected chi connectivity index (χ2v) is 7.78. The van der Waals surface area contributed by atoms with Gasteiger partial charge in [-0.25, -0.2) is 12.4 Å². The van der Waals surface area contributed by atoms with E-state index >= 15 is 0 Å². The Hall–Kier alpha value is -1.82. The van der Waals surface area contributed by atoms with Crippen molar-refractivity contribution in [2.75, 3.05) is 19.3 Å². The summed E-state index contributed by atoms with van der Waals surface area (Å²) in [6.45, 7) is 7.85. The van der Waals surface area contributed by atoms with Crippen molar-refractivity contribution < 1.29 is 8.42 Å². The fourth-order valence-corrected chi connectivity index (χ4v) is 4.06. The molecule has 1 aliphatic rings. The molecule has 2 aromatic rings. The molecule has 0 saturated carbocycles. The third-order valence-electron chi connectivity index (χ3n) is 4.52. The third-order valence-corrected chi connectivity index (χ3v) is 5.54. The highest BCUT2D eigenvalue weighted by molar-refractivity contribution is 7.89. The highest BCUT2D eigenvalue weighted by atomic mass is 32.2. The zero-order valence-electron chi connectivity index (χ0n) is 13.4. The van der Waals surface area contributed by atoms with Gasteiger partial charge in [-0.3, -0.25) is 4.99 Å². The maximum Gasteiger partial charge on any atom is 0.236 e. The van der Waals surface area contributed by atoms with Gasteiger partial charge in [0.1, 0.15) is 5.84 Å². The van der Waals surface area contributed by atoms with Crippen molar-refractivity contribution in [1.29, 1.82) is 0 Å². The monoisotopic (exact) mass is 319 g/mol. The zero-order valence-corrected chi connectivity index (χ0v) is 14.2. The van der Waals surface area contributed by atoms with Gasteiger partial charge in [-0.2, -0.15) is 0 Å². The van der Waals surface area contributed by atoms with E-state index in [-0.39, 0.29) is 0 Å². The molecule has 3 rings (SSSR count). The molecular formula is C16H21N3O2S. The molecule has 0 bridgehead atoms. The lowest BCUT2D eigenvalue weighted by atomic mass is 9.92. The molecule has 5 nitrogen and oxygen atoms in total. The molecule has 1 aromatic heterocycles. The van der Waals surface area contributed by atoms with Gasteiger partial charge in [0.15, 0.2) is 0 Å². The summed E-state index contributed by atoms with van der Waals surface area (Å²) >= 11 is 0. The van der Waals surface area contributed by atoms with Gasteiger partial charge >= 0.3 is 0 Å². The summed E-state index contributed by atoms with van der Waals surface area (Å²) in [5.74, 6) is 0.988. The minimum Gasteiger partial charge on any atom is -0.372 e. The van der Waals surface area contributed by atoms with Gasteiger partial charge in [0.05, 0.1) is 18.3 Å². The molecule has 6 heteroatoms. The Kier molecular flexibility index (Phi) is 3.51. The summed E-state index contributed by atoms with van der Waals surface area (Å²) in [6.07, 6.45) is 3.61. The van der Waals surface area contributed by atoms with E-state index < -0.39 is 10.0 Å². The number of fused-ring (bicyclic) bond motifs is 1. The molecule has 1 aliphatic heterocycles. The summed E-state index contributed by atoms with van der Waals surface area (Å²) in [4.78, 5) is 4.46. The third kappa shape index (κ3) is 2.31. The standard InChI is InChI=1S/C16H21N3O2S/c1-10-11(2)14(9-15-17-6-7-18-15)12(3)16-13(10)5-8-19(16)22(4,20)21/h5,8H,6-7,9H2,1-4H3,(H,17,18). The molecule has 0 radical (unpaired) electrons. The normalized spacial score (nSPS) is 15.2. The Morgan fingerprint density at radius 2 is 1.95 bits per heavy atom. The molecule has 1 aromatic carbocycles. The molecule has 0 aliphatic carbocycles. The zero-order chi connectivity index (χ0) is 16.1. The van der Waals surface area contributed by atoms with E-state index in [0.717, 1.165) is 47.4 Å². The average Bonchev–Trinajstić information content (AvgIpc) is 3.09. The van der Waals surface area contributed by atoms with Crippen LogP contribution in [0.3, 0.4) is 0 Å². The predicted molar refractivity (Wildman–Crippen MR) is 90.4 cm³/mol. The highest BCUT2D eigenvalue weighted by Crippen LogP contribution is 2.31. The van der Waals surface area contributed by atoms with Gasteiger partial charge in [0.2, 0.25) is 10.0 Å². The summed E-state index contributed by atoms with van der Waals surface area (Å²) in [5.41, 5.74) is 5.33. The summed E-state index contributed by atoms with van der Waals surface area (Å²) in [7, 11) is -3.31.